The van der Waals surface area contributed by atoms with E-state index in [4.69, 9.17) is 4.55 Å². The molecule has 0 aromatic carbocycles. The third-order valence-electron chi connectivity index (χ3n) is 1.47. The van der Waals surface area contributed by atoms with Crippen molar-refractivity contribution in [2.75, 3.05) is 0 Å². The number of hydrogen-bond acceptors (Lipinski definition) is 3. The van der Waals surface area contributed by atoms with Crippen molar-refractivity contribution in [2.24, 2.45) is 0 Å². The van der Waals surface area contributed by atoms with Crippen LogP contribution in [0.1, 0.15) is 30.3 Å². The second-order valence-corrected chi connectivity index (χ2v) is 4.65. The first-order valence-corrected chi connectivity index (χ1v) is 5.76. The molecule has 0 fully saturated rings. The van der Waals surface area contributed by atoms with Crippen LogP contribution in [-0.2, 0) is 16.8 Å². The van der Waals surface area contributed by atoms with E-state index in [0.717, 1.165) is 10.6 Å². The van der Waals surface area contributed by atoms with Crippen LogP contribution >= 0.6 is 11.3 Å². The van der Waals surface area contributed by atoms with Gasteiger partial charge < -0.3 is 4.55 Å². The molecular formula is C7H11NO2S2. The molecule has 0 bridgehead atoms. The highest BCUT2D eigenvalue weighted by atomic mass is 32.2. The molecule has 1 N–H and O–H groups in total. The van der Waals surface area contributed by atoms with E-state index in [0.29, 0.717) is 5.92 Å². The molecule has 1 unspecified atom stereocenters. The second kappa shape index (κ2) is 4.11. The second-order valence-electron chi connectivity index (χ2n) is 2.78. The van der Waals surface area contributed by atoms with Crippen LogP contribution in [0, 0.1) is 0 Å². The maximum Gasteiger partial charge on any atom is 0.158 e. The molecule has 1 aromatic heterocycles. The van der Waals surface area contributed by atoms with E-state index in [2.05, 4.69) is 4.98 Å². The Morgan fingerprint density at radius 1 is 1.75 bits per heavy atom. The summed E-state index contributed by atoms with van der Waals surface area (Å²) in [6.07, 6.45) is 0. The van der Waals surface area contributed by atoms with Gasteiger partial charge in [-0.25, -0.2) is 9.19 Å². The Morgan fingerprint density at radius 2 is 2.42 bits per heavy atom. The van der Waals surface area contributed by atoms with Gasteiger partial charge in [0.25, 0.3) is 0 Å². The highest BCUT2D eigenvalue weighted by Crippen LogP contribution is 2.22. The number of aromatic nitrogens is 1. The number of rotatable bonds is 3. The normalized spacial score (nSPS) is 13.7. The van der Waals surface area contributed by atoms with Gasteiger partial charge in [-0.15, -0.1) is 11.3 Å². The van der Waals surface area contributed by atoms with Crippen LogP contribution in [0.15, 0.2) is 5.51 Å². The van der Waals surface area contributed by atoms with E-state index in [1.54, 1.807) is 5.51 Å². The smallest absolute Gasteiger partial charge is 0.158 e. The summed E-state index contributed by atoms with van der Waals surface area (Å²) in [6, 6.07) is 0. The van der Waals surface area contributed by atoms with E-state index in [1.165, 1.54) is 11.3 Å². The Bertz CT molecular complexity index is 283. The fourth-order valence-corrected chi connectivity index (χ4v) is 2.62. The van der Waals surface area contributed by atoms with Gasteiger partial charge in [0.2, 0.25) is 0 Å². The van der Waals surface area contributed by atoms with Crippen LogP contribution < -0.4 is 0 Å². The molecule has 0 aliphatic carbocycles. The zero-order chi connectivity index (χ0) is 9.14. The van der Waals surface area contributed by atoms with Crippen molar-refractivity contribution >= 4 is 22.4 Å². The third kappa shape index (κ3) is 2.36. The highest BCUT2D eigenvalue weighted by Gasteiger charge is 2.11. The molecule has 1 rings (SSSR count). The quantitative estimate of drug-likeness (QED) is 0.768. The first kappa shape index (κ1) is 9.83. The summed E-state index contributed by atoms with van der Waals surface area (Å²) < 4.78 is 19.2. The fourth-order valence-electron chi connectivity index (χ4n) is 0.970. The number of thiazole rings is 1. The molecule has 0 radical (unpaired) electrons. The van der Waals surface area contributed by atoms with Gasteiger partial charge in [-0.2, -0.15) is 0 Å². The zero-order valence-corrected chi connectivity index (χ0v) is 8.61. The molecule has 3 nitrogen and oxygen atoms in total. The molecule has 5 heteroatoms. The Hall–Kier alpha value is -0.260. The lowest BCUT2D eigenvalue weighted by molar-refractivity contribution is 0.563. The molecule has 1 heterocycles. The number of nitrogens with zero attached hydrogens (tertiary/aromatic N) is 1. The molecule has 0 aliphatic heterocycles. The Kier molecular flexibility index (Phi) is 3.37. The average Bonchev–Trinajstić information content (AvgIpc) is 2.33. The van der Waals surface area contributed by atoms with Gasteiger partial charge in [0.15, 0.2) is 11.1 Å². The van der Waals surface area contributed by atoms with Crippen LogP contribution in [0.4, 0.5) is 0 Å². The van der Waals surface area contributed by atoms with Gasteiger partial charge in [-0.05, 0) is 5.92 Å². The van der Waals surface area contributed by atoms with Crippen molar-refractivity contribution in [1.82, 2.24) is 4.98 Å². The first-order chi connectivity index (χ1) is 5.61. The number of hydrogen-bond donors (Lipinski definition) is 1. The Morgan fingerprint density at radius 3 is 2.92 bits per heavy atom. The zero-order valence-electron chi connectivity index (χ0n) is 6.98. The third-order valence-corrected chi connectivity index (χ3v) is 3.04. The van der Waals surface area contributed by atoms with Crippen molar-refractivity contribution < 1.29 is 8.76 Å². The molecular weight excluding hydrogens is 194 g/mol. The van der Waals surface area contributed by atoms with Gasteiger partial charge in [0.1, 0.15) is 0 Å². The van der Waals surface area contributed by atoms with Gasteiger partial charge in [0.05, 0.1) is 17.0 Å². The van der Waals surface area contributed by atoms with E-state index in [-0.39, 0.29) is 5.75 Å². The van der Waals surface area contributed by atoms with Crippen LogP contribution in [0.25, 0.3) is 0 Å². The largest absolute Gasteiger partial charge is 0.306 e. The maximum absolute atomic E-state index is 10.5. The lowest BCUT2D eigenvalue weighted by Gasteiger charge is -2.02. The summed E-state index contributed by atoms with van der Waals surface area (Å²) in [4.78, 5) is 5.06. The van der Waals surface area contributed by atoms with Crippen molar-refractivity contribution in [3.63, 3.8) is 0 Å². The molecule has 0 amide bonds. The van der Waals surface area contributed by atoms with Crippen molar-refractivity contribution in [3.05, 3.63) is 16.1 Å². The summed E-state index contributed by atoms with van der Waals surface area (Å²) in [7, 11) is 0. The summed E-state index contributed by atoms with van der Waals surface area (Å²) in [6.45, 7) is 4.05. The highest BCUT2D eigenvalue weighted by molar-refractivity contribution is 7.78. The molecule has 1 atom stereocenters. The molecule has 1 aromatic rings. The van der Waals surface area contributed by atoms with Crippen LogP contribution in [0.5, 0.6) is 0 Å². The summed E-state index contributed by atoms with van der Waals surface area (Å²) in [5.41, 5.74) is 2.67. The fraction of sp³-hybridized carbons (Fsp3) is 0.571. The van der Waals surface area contributed by atoms with E-state index in [1.807, 2.05) is 13.8 Å². The van der Waals surface area contributed by atoms with Gasteiger partial charge >= 0.3 is 0 Å². The summed E-state index contributed by atoms with van der Waals surface area (Å²) in [5.74, 6) is 0.535. The summed E-state index contributed by atoms with van der Waals surface area (Å²) in [5, 5.41) is 0. The van der Waals surface area contributed by atoms with E-state index >= 15 is 0 Å². The maximum atomic E-state index is 10.5. The first-order valence-electron chi connectivity index (χ1n) is 3.61. The van der Waals surface area contributed by atoms with Gasteiger partial charge in [-0.1, -0.05) is 13.8 Å². The lowest BCUT2D eigenvalue weighted by atomic mass is 10.1. The lowest BCUT2D eigenvalue weighted by Crippen LogP contribution is -1.97. The molecule has 0 spiro atoms. The minimum Gasteiger partial charge on any atom is -0.306 e. The minimum atomic E-state index is -1.75. The summed E-state index contributed by atoms with van der Waals surface area (Å²) >= 11 is -0.309. The Balaban J connectivity index is 2.84. The van der Waals surface area contributed by atoms with Crippen LogP contribution in [0.3, 0.4) is 0 Å². The molecule has 12 heavy (non-hydrogen) atoms. The molecule has 0 saturated heterocycles. The molecule has 68 valence electrons. The van der Waals surface area contributed by atoms with Gasteiger partial charge in [0, 0.05) is 4.88 Å². The SMILES string of the molecule is CC(C)c1ncsc1CS(=O)O. The monoisotopic (exact) mass is 205 g/mol. The Labute approximate surface area is 78.1 Å². The topological polar surface area (TPSA) is 50.2 Å². The standard InChI is InChI=1S/C7H11NO2S2/c1-5(2)7-6(3-12(9)10)11-4-8-7/h4-5H,3H2,1-2H3,(H,9,10). The van der Waals surface area contributed by atoms with Crippen LogP contribution in [0.2, 0.25) is 0 Å². The predicted molar refractivity (Wildman–Crippen MR) is 50.7 cm³/mol. The van der Waals surface area contributed by atoms with Crippen molar-refractivity contribution in [3.8, 4) is 0 Å². The van der Waals surface area contributed by atoms with Crippen molar-refractivity contribution in [2.45, 2.75) is 25.5 Å². The van der Waals surface area contributed by atoms with E-state index in [9.17, 15) is 4.21 Å². The van der Waals surface area contributed by atoms with Crippen LogP contribution in [-0.4, -0.2) is 13.7 Å². The van der Waals surface area contributed by atoms with Gasteiger partial charge in [-0.3, -0.25) is 0 Å². The van der Waals surface area contributed by atoms with Crippen molar-refractivity contribution in [1.29, 1.82) is 0 Å². The average molecular weight is 205 g/mol. The predicted octanol–water partition coefficient (Wildman–Crippen LogP) is 1.99. The molecule has 0 aliphatic rings. The minimum absolute atomic E-state index is 0.207. The molecule has 0 saturated carbocycles. The van der Waals surface area contributed by atoms with E-state index < -0.39 is 11.1 Å².